The van der Waals surface area contributed by atoms with E-state index in [1.54, 1.807) is 0 Å². The van der Waals surface area contributed by atoms with Gasteiger partial charge in [-0.25, -0.2) is 0 Å². The Morgan fingerprint density at radius 1 is 0.391 bits per heavy atom. The highest BCUT2D eigenvalue weighted by molar-refractivity contribution is 4.97. The summed E-state index contributed by atoms with van der Waals surface area (Å²) in [6.45, 7) is 16.1. The maximum absolute atomic E-state index is 12.0. The molecule has 5 aliphatic rings. The van der Waals surface area contributed by atoms with Gasteiger partial charge in [-0.3, -0.25) is 0 Å². The van der Waals surface area contributed by atoms with Gasteiger partial charge in [-0.2, -0.15) is 0 Å². The van der Waals surface area contributed by atoms with Gasteiger partial charge in [-0.15, -0.1) is 0 Å². The van der Waals surface area contributed by atoms with E-state index in [-0.39, 0.29) is 30.5 Å². The van der Waals surface area contributed by atoms with Crippen molar-refractivity contribution < 1.29 is 25.5 Å². The Morgan fingerprint density at radius 3 is 1.15 bits per heavy atom. The van der Waals surface area contributed by atoms with E-state index in [2.05, 4.69) is 48.5 Å². The molecule has 0 bridgehead atoms. The second kappa shape index (κ2) is 15.8. The molecule has 0 aromatic heterocycles. The predicted octanol–water partition coefficient (Wildman–Crippen LogP) is 7.70. The monoisotopic (exact) mass is 647 g/mol. The van der Waals surface area contributed by atoms with Crippen molar-refractivity contribution in [1.29, 1.82) is 0 Å². The Bertz CT molecular complexity index is 870. The molecule has 46 heavy (non-hydrogen) atoms. The van der Waals surface area contributed by atoms with Crippen LogP contribution in [0.1, 0.15) is 138 Å². The summed E-state index contributed by atoms with van der Waals surface area (Å²) >= 11 is 0. The molecule has 0 aliphatic heterocycles. The van der Waals surface area contributed by atoms with Gasteiger partial charge in [0.05, 0.1) is 30.5 Å². The zero-order valence-corrected chi connectivity index (χ0v) is 30.7. The first kappa shape index (κ1) is 37.1. The Kier molecular flexibility index (Phi) is 12.7. The van der Waals surface area contributed by atoms with Gasteiger partial charge in [-0.05, 0) is 179 Å². The van der Waals surface area contributed by atoms with Crippen LogP contribution in [-0.4, -0.2) is 56.1 Å². The lowest BCUT2D eigenvalue weighted by atomic mass is 9.58. The topological polar surface area (TPSA) is 101 Å². The van der Waals surface area contributed by atoms with E-state index in [0.717, 1.165) is 89.9 Å². The van der Waals surface area contributed by atoms with Crippen molar-refractivity contribution in [2.45, 2.75) is 169 Å². The van der Waals surface area contributed by atoms with Crippen molar-refractivity contribution >= 4 is 0 Å². The third-order valence-electron chi connectivity index (χ3n) is 15.5. The minimum atomic E-state index is -0.252. The van der Waals surface area contributed by atoms with Crippen molar-refractivity contribution in [3.05, 3.63) is 0 Å². The van der Waals surface area contributed by atoms with Crippen LogP contribution in [0, 0.1) is 88.8 Å². The second-order valence-corrected chi connectivity index (χ2v) is 19.0. The summed E-state index contributed by atoms with van der Waals surface area (Å²) < 4.78 is 0. The van der Waals surface area contributed by atoms with E-state index >= 15 is 0 Å². The average Bonchev–Trinajstić information content (AvgIpc) is 3.00. The molecule has 0 amide bonds. The molecule has 268 valence electrons. The Hall–Kier alpha value is -0.200. The summed E-state index contributed by atoms with van der Waals surface area (Å²) in [5.74, 6) is 6.47. The molecule has 5 nitrogen and oxygen atoms in total. The van der Waals surface area contributed by atoms with Crippen LogP contribution in [0.15, 0.2) is 0 Å². The van der Waals surface area contributed by atoms with Gasteiger partial charge >= 0.3 is 0 Å². The fraction of sp³-hybridized carbons (Fsp3) is 1.00. The largest absolute Gasteiger partial charge is 0.393 e. The van der Waals surface area contributed by atoms with Crippen molar-refractivity contribution in [1.82, 2.24) is 0 Å². The number of rotatable bonds is 8. The molecule has 18 atom stereocenters. The van der Waals surface area contributed by atoms with Crippen LogP contribution in [0.2, 0.25) is 0 Å². The Balaban J connectivity index is 1.21. The van der Waals surface area contributed by atoms with Crippen molar-refractivity contribution in [2.75, 3.05) is 0 Å². The van der Waals surface area contributed by atoms with E-state index in [1.165, 1.54) is 0 Å². The molecular formula is C41H74O5. The molecule has 18 unspecified atom stereocenters. The first-order valence-electron chi connectivity index (χ1n) is 20.1. The standard InChI is InChI=1S/C41H74O5/c1-22-12-33(20-31-16-25(4)39(44)35(27(31)6)18-29-8-10-37(42)23(2)14-29)41(46)34(13-22)21-32-17-26(5)40(45)36(28(32)7)19-30-9-11-38(43)24(3)15-30/h22-46H,8-21H2,1-7H3. The quantitative estimate of drug-likeness (QED) is 0.186. The first-order chi connectivity index (χ1) is 21.7. The summed E-state index contributed by atoms with van der Waals surface area (Å²) in [5, 5.41) is 55.4. The third-order valence-corrected chi connectivity index (χ3v) is 15.5. The van der Waals surface area contributed by atoms with Crippen LogP contribution < -0.4 is 0 Å². The maximum Gasteiger partial charge on any atom is 0.0596 e. The number of aliphatic hydroxyl groups excluding tert-OH is 5. The third kappa shape index (κ3) is 8.39. The Labute approximate surface area is 282 Å². The van der Waals surface area contributed by atoms with Gasteiger partial charge in [0, 0.05) is 0 Å². The molecule has 0 aromatic carbocycles. The molecule has 0 radical (unpaired) electrons. The number of hydrogen-bond donors (Lipinski definition) is 5. The van der Waals surface area contributed by atoms with Crippen LogP contribution in [0.5, 0.6) is 0 Å². The second-order valence-electron chi connectivity index (χ2n) is 19.0. The lowest BCUT2D eigenvalue weighted by Crippen LogP contribution is -2.47. The molecule has 0 heterocycles. The molecule has 0 spiro atoms. The maximum atomic E-state index is 12.0. The fourth-order valence-corrected chi connectivity index (χ4v) is 12.4. The van der Waals surface area contributed by atoms with Crippen molar-refractivity contribution in [3.8, 4) is 0 Å². The highest BCUT2D eigenvalue weighted by atomic mass is 16.3. The van der Waals surface area contributed by atoms with E-state index < -0.39 is 0 Å². The van der Waals surface area contributed by atoms with Gasteiger partial charge in [0.25, 0.3) is 0 Å². The van der Waals surface area contributed by atoms with Crippen LogP contribution in [0.25, 0.3) is 0 Å². The molecule has 0 saturated heterocycles. The molecule has 5 fully saturated rings. The zero-order chi connectivity index (χ0) is 33.4. The molecule has 0 aromatic rings. The summed E-state index contributed by atoms with van der Waals surface area (Å²) in [5.41, 5.74) is 0. The van der Waals surface area contributed by atoms with Crippen LogP contribution in [0.3, 0.4) is 0 Å². The molecule has 5 N–H and O–H groups in total. The van der Waals surface area contributed by atoms with E-state index in [0.29, 0.717) is 88.8 Å². The molecule has 5 rings (SSSR count). The smallest absolute Gasteiger partial charge is 0.0596 e. The van der Waals surface area contributed by atoms with Gasteiger partial charge in [0.1, 0.15) is 0 Å². The summed E-state index contributed by atoms with van der Waals surface area (Å²) in [4.78, 5) is 0. The summed E-state index contributed by atoms with van der Waals surface area (Å²) in [6, 6.07) is 0. The minimum Gasteiger partial charge on any atom is -0.393 e. The molecule has 5 aliphatic carbocycles. The molecule has 5 heteroatoms. The van der Waals surface area contributed by atoms with E-state index in [9.17, 15) is 25.5 Å². The number of hydrogen-bond acceptors (Lipinski definition) is 5. The highest BCUT2D eigenvalue weighted by Crippen LogP contribution is 2.51. The fourth-order valence-electron chi connectivity index (χ4n) is 12.4. The molecule has 5 saturated carbocycles. The van der Waals surface area contributed by atoms with E-state index in [4.69, 9.17) is 0 Å². The normalized spacial score (nSPS) is 54.0. The average molecular weight is 647 g/mol. The van der Waals surface area contributed by atoms with Gasteiger partial charge in [-0.1, -0.05) is 48.5 Å². The van der Waals surface area contributed by atoms with Gasteiger partial charge in [0.15, 0.2) is 0 Å². The lowest BCUT2D eigenvalue weighted by Gasteiger charge is -2.49. The highest BCUT2D eigenvalue weighted by Gasteiger charge is 2.47. The van der Waals surface area contributed by atoms with Gasteiger partial charge in [0.2, 0.25) is 0 Å². The van der Waals surface area contributed by atoms with E-state index in [1.807, 2.05) is 0 Å². The summed E-state index contributed by atoms with van der Waals surface area (Å²) in [7, 11) is 0. The first-order valence-corrected chi connectivity index (χ1v) is 20.1. The summed E-state index contributed by atoms with van der Waals surface area (Å²) in [6.07, 6.45) is 13.8. The Morgan fingerprint density at radius 2 is 0.783 bits per heavy atom. The lowest BCUT2D eigenvalue weighted by molar-refractivity contribution is -0.0804. The van der Waals surface area contributed by atoms with Gasteiger partial charge < -0.3 is 25.5 Å². The van der Waals surface area contributed by atoms with Crippen LogP contribution >= 0.6 is 0 Å². The van der Waals surface area contributed by atoms with Crippen molar-refractivity contribution in [3.63, 3.8) is 0 Å². The van der Waals surface area contributed by atoms with Crippen molar-refractivity contribution in [2.24, 2.45) is 88.8 Å². The van der Waals surface area contributed by atoms with Crippen LogP contribution in [0.4, 0.5) is 0 Å². The minimum absolute atomic E-state index is 0.161. The van der Waals surface area contributed by atoms with Crippen LogP contribution in [-0.2, 0) is 0 Å². The predicted molar refractivity (Wildman–Crippen MR) is 187 cm³/mol. The number of aliphatic hydroxyl groups is 5. The molecular weight excluding hydrogens is 572 g/mol. The zero-order valence-electron chi connectivity index (χ0n) is 30.7. The SMILES string of the molecule is CC1CC(CC2CC(C)C(O)C(CC3CCC(O)C(C)C3)C2C)C(O)C(CC2CC(C)C(O)C(CC3CCC(O)C(C)C3)C2C)C1.